The summed E-state index contributed by atoms with van der Waals surface area (Å²) < 4.78 is 11.7. The van der Waals surface area contributed by atoms with Gasteiger partial charge in [-0.15, -0.1) is 0 Å². The number of carbonyl (C=O) groups is 1. The Labute approximate surface area is 137 Å². The van der Waals surface area contributed by atoms with Gasteiger partial charge in [0.15, 0.2) is 17.3 Å². The summed E-state index contributed by atoms with van der Waals surface area (Å²) in [6, 6.07) is 3.60. The highest BCUT2D eigenvalue weighted by Crippen LogP contribution is 2.43. The molecule has 0 unspecified atom stereocenters. The van der Waals surface area contributed by atoms with E-state index in [0.717, 1.165) is 17.3 Å². The van der Waals surface area contributed by atoms with E-state index in [0.29, 0.717) is 40.8 Å². The second kappa shape index (κ2) is 6.12. The molecule has 0 radical (unpaired) electrons. The highest BCUT2D eigenvalue weighted by Gasteiger charge is 2.33. The molecule has 3 rings (SSSR count). The van der Waals surface area contributed by atoms with Gasteiger partial charge < -0.3 is 14.6 Å². The third-order valence-corrected chi connectivity index (χ3v) is 4.31. The van der Waals surface area contributed by atoms with Gasteiger partial charge in [0.05, 0.1) is 28.5 Å². The molecule has 0 spiro atoms. The Hall–Kier alpha value is -1.82. The summed E-state index contributed by atoms with van der Waals surface area (Å²) in [5.41, 5.74) is 1.77. The van der Waals surface area contributed by atoms with Crippen LogP contribution in [0.15, 0.2) is 27.3 Å². The van der Waals surface area contributed by atoms with Gasteiger partial charge in [-0.1, -0.05) is 5.16 Å². The number of aromatic nitrogens is 1. The van der Waals surface area contributed by atoms with Gasteiger partial charge in [-0.2, -0.15) is 0 Å². The lowest BCUT2D eigenvalue weighted by molar-refractivity contribution is 0.103. The minimum absolute atomic E-state index is 0.0963. The molecule has 1 aliphatic carbocycles. The van der Waals surface area contributed by atoms with Crippen molar-refractivity contribution in [2.45, 2.75) is 25.7 Å². The van der Waals surface area contributed by atoms with Crippen molar-refractivity contribution in [3.63, 3.8) is 0 Å². The highest BCUT2D eigenvalue weighted by molar-refractivity contribution is 9.10. The monoisotopic (exact) mass is 364 g/mol. The van der Waals surface area contributed by atoms with Crippen molar-refractivity contribution >= 4 is 27.4 Å². The summed E-state index contributed by atoms with van der Waals surface area (Å²) in [6.45, 7) is 2.43. The fraction of sp³-hybridized carbons (Fsp3) is 0.375. The lowest BCUT2D eigenvalue weighted by Crippen LogP contribution is -2.09. The van der Waals surface area contributed by atoms with Crippen LogP contribution >= 0.6 is 15.9 Å². The molecule has 1 aromatic heterocycles. The summed E-state index contributed by atoms with van der Waals surface area (Å²) in [5, 5.41) is 6.88. The van der Waals surface area contributed by atoms with Crippen molar-refractivity contribution in [2.24, 2.45) is 0 Å². The van der Waals surface area contributed by atoms with Gasteiger partial charge in [0.1, 0.15) is 0 Å². The molecule has 5 nitrogen and oxygen atoms in total. The van der Waals surface area contributed by atoms with Crippen molar-refractivity contribution < 1.29 is 14.1 Å². The van der Waals surface area contributed by atoms with Crippen molar-refractivity contribution in [2.75, 3.05) is 19.0 Å². The number of halogens is 1. The molecule has 1 saturated carbocycles. The van der Waals surface area contributed by atoms with E-state index in [2.05, 4.69) is 26.4 Å². The van der Waals surface area contributed by atoms with Crippen LogP contribution in [0.1, 0.15) is 47.4 Å². The SMILES string of the molecule is CCOc1c(Br)ccc(C(=O)c2cnoc2C2CC2)c1NC. The largest absolute Gasteiger partial charge is 0.490 e. The van der Waals surface area contributed by atoms with Crippen LogP contribution in [-0.4, -0.2) is 24.6 Å². The fourth-order valence-corrected chi connectivity index (χ4v) is 2.93. The molecule has 2 aromatic rings. The van der Waals surface area contributed by atoms with Crippen molar-refractivity contribution in [3.8, 4) is 5.75 Å². The van der Waals surface area contributed by atoms with Crippen LogP contribution in [0.4, 0.5) is 5.69 Å². The predicted molar refractivity (Wildman–Crippen MR) is 86.8 cm³/mol. The average molecular weight is 365 g/mol. The van der Waals surface area contributed by atoms with Crippen LogP contribution in [0.25, 0.3) is 0 Å². The number of ether oxygens (including phenoxy) is 1. The molecule has 0 saturated heterocycles. The van der Waals surface area contributed by atoms with Crippen LogP contribution < -0.4 is 10.1 Å². The van der Waals surface area contributed by atoms with E-state index in [-0.39, 0.29) is 5.78 Å². The van der Waals surface area contributed by atoms with Gasteiger partial charge in [0, 0.05) is 18.5 Å². The standard InChI is InChI=1S/C16H17BrN2O3/c1-3-21-16-12(17)7-6-10(13(16)18-2)14(20)11-8-19-22-15(11)9-4-5-9/h6-9,18H,3-5H2,1-2H3. The van der Waals surface area contributed by atoms with E-state index < -0.39 is 0 Å². The Morgan fingerprint density at radius 3 is 2.86 bits per heavy atom. The van der Waals surface area contributed by atoms with Crippen LogP contribution in [0.5, 0.6) is 5.75 Å². The first-order valence-corrected chi connectivity index (χ1v) is 8.09. The van der Waals surface area contributed by atoms with Crippen LogP contribution in [0.3, 0.4) is 0 Å². The summed E-state index contributed by atoms with van der Waals surface area (Å²) >= 11 is 3.46. The molecule has 1 aliphatic rings. The van der Waals surface area contributed by atoms with E-state index in [1.807, 2.05) is 13.0 Å². The van der Waals surface area contributed by atoms with Crippen LogP contribution in [-0.2, 0) is 0 Å². The van der Waals surface area contributed by atoms with E-state index in [1.165, 1.54) is 6.20 Å². The summed E-state index contributed by atoms with van der Waals surface area (Å²) in [6.07, 6.45) is 3.62. The molecule has 1 aromatic carbocycles. The number of nitrogens with one attached hydrogen (secondary N) is 1. The van der Waals surface area contributed by atoms with Crippen LogP contribution in [0.2, 0.25) is 0 Å². The number of anilines is 1. The number of rotatable bonds is 6. The summed E-state index contributed by atoms with van der Waals surface area (Å²) in [7, 11) is 1.77. The molecule has 1 N–H and O–H groups in total. The summed E-state index contributed by atoms with van der Waals surface area (Å²) in [5.74, 6) is 1.58. The van der Waals surface area contributed by atoms with E-state index in [4.69, 9.17) is 9.26 Å². The fourth-order valence-electron chi connectivity index (χ4n) is 2.48. The minimum atomic E-state index is -0.0963. The first kappa shape index (κ1) is 15.1. The maximum atomic E-state index is 12.9. The number of ketones is 1. The highest BCUT2D eigenvalue weighted by atomic mass is 79.9. The quantitative estimate of drug-likeness (QED) is 0.785. The lowest BCUT2D eigenvalue weighted by atomic mass is 10.0. The molecular formula is C16H17BrN2O3. The number of hydrogen-bond acceptors (Lipinski definition) is 5. The molecule has 6 heteroatoms. The normalized spacial score (nSPS) is 14.0. The molecule has 0 atom stereocenters. The first-order valence-electron chi connectivity index (χ1n) is 7.29. The van der Waals surface area contributed by atoms with Gasteiger partial charge in [-0.05, 0) is 47.8 Å². The van der Waals surface area contributed by atoms with Gasteiger partial charge in [-0.25, -0.2) is 0 Å². The Balaban J connectivity index is 2.05. The average Bonchev–Trinajstić information content (AvgIpc) is 3.25. The molecule has 0 bridgehead atoms. The van der Waals surface area contributed by atoms with Gasteiger partial charge in [-0.3, -0.25) is 4.79 Å². The maximum absolute atomic E-state index is 12.9. The Morgan fingerprint density at radius 1 is 1.45 bits per heavy atom. The van der Waals surface area contributed by atoms with E-state index >= 15 is 0 Å². The molecule has 22 heavy (non-hydrogen) atoms. The molecule has 1 fully saturated rings. The smallest absolute Gasteiger partial charge is 0.200 e. The van der Waals surface area contributed by atoms with Crippen LogP contribution in [0, 0.1) is 0 Å². The summed E-state index contributed by atoms with van der Waals surface area (Å²) in [4.78, 5) is 12.9. The second-order valence-corrected chi connectivity index (χ2v) is 6.04. The number of nitrogens with zero attached hydrogens (tertiary/aromatic N) is 1. The second-order valence-electron chi connectivity index (χ2n) is 5.19. The third kappa shape index (κ3) is 2.63. The molecule has 116 valence electrons. The maximum Gasteiger partial charge on any atom is 0.200 e. The predicted octanol–water partition coefficient (Wildman–Crippen LogP) is 3.99. The third-order valence-electron chi connectivity index (χ3n) is 3.68. The number of benzene rings is 1. The topological polar surface area (TPSA) is 64.4 Å². The number of hydrogen-bond donors (Lipinski definition) is 1. The minimum Gasteiger partial charge on any atom is -0.490 e. The Bertz CT molecular complexity index is 707. The number of carbonyl (C=O) groups excluding carboxylic acids is 1. The zero-order chi connectivity index (χ0) is 15.7. The van der Waals surface area contributed by atoms with Crippen molar-refractivity contribution in [1.82, 2.24) is 5.16 Å². The zero-order valence-electron chi connectivity index (χ0n) is 12.5. The molecule has 1 heterocycles. The molecule has 0 amide bonds. The van der Waals surface area contributed by atoms with Gasteiger partial charge >= 0.3 is 0 Å². The first-order chi connectivity index (χ1) is 10.7. The van der Waals surface area contributed by atoms with E-state index in [1.54, 1.807) is 13.1 Å². The Morgan fingerprint density at radius 2 is 2.23 bits per heavy atom. The van der Waals surface area contributed by atoms with Gasteiger partial charge in [0.2, 0.25) is 0 Å². The van der Waals surface area contributed by atoms with Crippen molar-refractivity contribution in [3.05, 3.63) is 39.7 Å². The molecular weight excluding hydrogens is 348 g/mol. The van der Waals surface area contributed by atoms with Gasteiger partial charge in [0.25, 0.3) is 0 Å². The zero-order valence-corrected chi connectivity index (χ0v) is 14.1. The van der Waals surface area contributed by atoms with Crippen molar-refractivity contribution in [1.29, 1.82) is 0 Å². The Kier molecular flexibility index (Phi) is 4.20. The lowest BCUT2D eigenvalue weighted by Gasteiger charge is -2.15. The van der Waals surface area contributed by atoms with E-state index in [9.17, 15) is 4.79 Å². The molecule has 0 aliphatic heterocycles.